The topological polar surface area (TPSA) is 52.5 Å². The summed E-state index contributed by atoms with van der Waals surface area (Å²) >= 11 is 0. The summed E-state index contributed by atoms with van der Waals surface area (Å²) in [6.45, 7) is 10.5. The highest BCUT2D eigenvalue weighted by Crippen LogP contribution is 2.31. The van der Waals surface area contributed by atoms with Gasteiger partial charge in [0.25, 0.3) is 0 Å². The van der Waals surface area contributed by atoms with Crippen molar-refractivity contribution in [2.75, 3.05) is 0 Å². The summed E-state index contributed by atoms with van der Waals surface area (Å²) in [5.41, 5.74) is 7.34. The van der Waals surface area contributed by atoms with Crippen molar-refractivity contribution in [3.05, 3.63) is 40.3 Å². The number of aromatic amines is 1. The summed E-state index contributed by atoms with van der Waals surface area (Å²) in [6, 6.07) is 4.51. The quantitative estimate of drug-likeness (QED) is 0.900. The Hall–Kier alpha value is -2.08. The molecule has 0 aliphatic carbocycles. The first kappa shape index (κ1) is 14.3. The number of nitrogens with zero attached hydrogens (tertiary/aromatic N) is 2. The lowest BCUT2D eigenvalue weighted by atomic mass is 9.93. The van der Waals surface area contributed by atoms with E-state index >= 15 is 0 Å². The molecular weight excluding hydrogens is 246 g/mol. The highest BCUT2D eigenvalue weighted by molar-refractivity contribution is 5.70. The number of imidazole rings is 1. The molecule has 0 aliphatic rings. The predicted molar refractivity (Wildman–Crippen MR) is 81.6 cm³/mol. The van der Waals surface area contributed by atoms with Gasteiger partial charge in [-0.15, -0.1) is 0 Å². The maximum atomic E-state index is 9.15. The van der Waals surface area contributed by atoms with Crippen molar-refractivity contribution in [3.8, 4) is 17.3 Å². The lowest BCUT2D eigenvalue weighted by Crippen LogP contribution is -1.98. The zero-order valence-electron chi connectivity index (χ0n) is 12.8. The van der Waals surface area contributed by atoms with Gasteiger partial charge in [-0.25, -0.2) is 4.98 Å². The summed E-state index contributed by atoms with van der Waals surface area (Å²) in [5, 5.41) is 9.15. The van der Waals surface area contributed by atoms with Crippen LogP contribution in [0.4, 0.5) is 0 Å². The van der Waals surface area contributed by atoms with Crippen LogP contribution in [-0.4, -0.2) is 9.97 Å². The number of benzene rings is 1. The van der Waals surface area contributed by atoms with Gasteiger partial charge in [0.2, 0.25) is 0 Å². The second-order valence-electron chi connectivity index (χ2n) is 5.41. The molecule has 1 atom stereocenters. The van der Waals surface area contributed by atoms with E-state index in [1.165, 1.54) is 27.8 Å². The Morgan fingerprint density at radius 2 is 1.80 bits per heavy atom. The zero-order chi connectivity index (χ0) is 14.9. The molecule has 0 amide bonds. The Morgan fingerprint density at radius 1 is 1.20 bits per heavy atom. The van der Waals surface area contributed by atoms with Gasteiger partial charge in [0.05, 0.1) is 18.0 Å². The molecule has 20 heavy (non-hydrogen) atoms. The van der Waals surface area contributed by atoms with Crippen LogP contribution >= 0.6 is 0 Å². The van der Waals surface area contributed by atoms with Crippen molar-refractivity contribution in [3.63, 3.8) is 0 Å². The van der Waals surface area contributed by atoms with Crippen LogP contribution in [0.15, 0.2) is 12.3 Å². The minimum Gasteiger partial charge on any atom is -0.341 e. The summed E-state index contributed by atoms with van der Waals surface area (Å²) in [5.74, 6) is 0.609. The third-order valence-corrected chi connectivity index (χ3v) is 4.12. The molecule has 0 bridgehead atoms. The van der Waals surface area contributed by atoms with Gasteiger partial charge in [-0.2, -0.15) is 5.26 Å². The van der Waals surface area contributed by atoms with Crippen molar-refractivity contribution >= 4 is 0 Å². The van der Waals surface area contributed by atoms with E-state index in [4.69, 9.17) is 5.26 Å². The van der Waals surface area contributed by atoms with Gasteiger partial charge in [-0.05, 0) is 56.4 Å². The number of aryl methyl sites for hydroxylation is 2. The Kier molecular flexibility index (Phi) is 3.94. The van der Waals surface area contributed by atoms with Crippen molar-refractivity contribution in [1.29, 1.82) is 5.26 Å². The number of hydrogen-bond donors (Lipinski definition) is 1. The van der Waals surface area contributed by atoms with E-state index in [1.54, 1.807) is 0 Å². The average Bonchev–Trinajstić information content (AvgIpc) is 2.88. The zero-order valence-corrected chi connectivity index (χ0v) is 12.8. The minimum atomic E-state index is -0.157. The predicted octanol–water partition coefficient (Wildman–Crippen LogP) is 4.33. The number of H-pyrrole nitrogens is 1. The van der Waals surface area contributed by atoms with Gasteiger partial charge in [0.15, 0.2) is 0 Å². The number of rotatable bonds is 3. The first-order chi connectivity index (χ1) is 9.49. The molecule has 1 aromatic carbocycles. The van der Waals surface area contributed by atoms with E-state index < -0.39 is 0 Å². The first-order valence-electron chi connectivity index (χ1n) is 7.01. The molecule has 3 heteroatoms. The smallest absolute Gasteiger partial charge is 0.123 e. The molecule has 2 rings (SSSR count). The van der Waals surface area contributed by atoms with Crippen molar-refractivity contribution in [1.82, 2.24) is 9.97 Å². The highest BCUT2D eigenvalue weighted by Gasteiger charge is 2.16. The fraction of sp³-hybridized carbons (Fsp3) is 0.412. The van der Waals surface area contributed by atoms with Crippen LogP contribution in [0.3, 0.4) is 0 Å². The molecule has 0 saturated heterocycles. The van der Waals surface area contributed by atoms with Gasteiger partial charge < -0.3 is 4.98 Å². The Bertz CT molecular complexity index is 648. The second-order valence-corrected chi connectivity index (χ2v) is 5.41. The van der Waals surface area contributed by atoms with E-state index in [2.05, 4.69) is 49.8 Å². The summed E-state index contributed by atoms with van der Waals surface area (Å²) in [6.07, 6.45) is 2.62. The van der Waals surface area contributed by atoms with Crippen molar-refractivity contribution < 1.29 is 0 Å². The fourth-order valence-corrected chi connectivity index (χ4v) is 2.61. The molecule has 1 N–H and O–H groups in total. The SMILES string of the molecule is CCC(C#N)c1ncc(-c2c(C)c(C)cc(C)c2C)[nH]1. The van der Waals surface area contributed by atoms with Crippen LogP contribution in [-0.2, 0) is 0 Å². The normalized spacial score (nSPS) is 12.2. The monoisotopic (exact) mass is 267 g/mol. The molecule has 0 spiro atoms. The van der Waals surface area contributed by atoms with Crippen molar-refractivity contribution in [2.45, 2.75) is 47.0 Å². The van der Waals surface area contributed by atoms with E-state index in [0.29, 0.717) is 0 Å². The first-order valence-corrected chi connectivity index (χ1v) is 7.01. The fourth-order valence-electron chi connectivity index (χ4n) is 2.61. The van der Waals surface area contributed by atoms with Crippen LogP contribution < -0.4 is 0 Å². The molecule has 3 nitrogen and oxygen atoms in total. The third kappa shape index (κ3) is 2.34. The lowest BCUT2D eigenvalue weighted by molar-refractivity contribution is 0.766. The molecule has 0 radical (unpaired) electrons. The lowest BCUT2D eigenvalue weighted by Gasteiger charge is -2.14. The van der Waals surface area contributed by atoms with Gasteiger partial charge in [-0.1, -0.05) is 13.0 Å². The second kappa shape index (κ2) is 5.50. The van der Waals surface area contributed by atoms with Crippen LogP contribution in [0.25, 0.3) is 11.3 Å². The number of aromatic nitrogens is 2. The summed E-state index contributed by atoms with van der Waals surface area (Å²) in [7, 11) is 0. The Balaban J connectivity index is 2.56. The van der Waals surface area contributed by atoms with E-state index in [0.717, 1.165) is 17.9 Å². The molecule has 1 unspecified atom stereocenters. The van der Waals surface area contributed by atoms with Crippen molar-refractivity contribution in [2.24, 2.45) is 0 Å². The largest absolute Gasteiger partial charge is 0.341 e. The minimum absolute atomic E-state index is 0.157. The molecule has 0 saturated carbocycles. The van der Waals surface area contributed by atoms with Gasteiger partial charge in [0.1, 0.15) is 11.7 Å². The molecule has 1 aromatic heterocycles. The van der Waals surface area contributed by atoms with Crippen LogP contribution in [0.2, 0.25) is 0 Å². The third-order valence-electron chi connectivity index (χ3n) is 4.12. The van der Waals surface area contributed by atoms with Gasteiger partial charge in [-0.3, -0.25) is 0 Å². The van der Waals surface area contributed by atoms with Crippen LogP contribution in [0, 0.1) is 39.0 Å². The Morgan fingerprint density at radius 3 is 2.30 bits per heavy atom. The maximum Gasteiger partial charge on any atom is 0.123 e. The highest BCUT2D eigenvalue weighted by atomic mass is 14.9. The molecule has 0 fully saturated rings. The molecule has 1 heterocycles. The average molecular weight is 267 g/mol. The molecule has 104 valence electrons. The number of nitrogens with one attached hydrogen (secondary N) is 1. The molecule has 2 aromatic rings. The summed E-state index contributed by atoms with van der Waals surface area (Å²) in [4.78, 5) is 7.73. The number of hydrogen-bond acceptors (Lipinski definition) is 2. The standard InChI is InChI=1S/C17H21N3/c1-6-14(8-18)17-19-9-15(20-17)16-12(4)10(2)7-11(3)13(16)5/h7,9,14H,6H2,1-5H3,(H,19,20). The van der Waals surface area contributed by atoms with Crippen LogP contribution in [0.1, 0.15) is 47.3 Å². The Labute approximate surface area is 120 Å². The van der Waals surface area contributed by atoms with E-state index in [9.17, 15) is 0 Å². The van der Waals surface area contributed by atoms with Crippen LogP contribution in [0.5, 0.6) is 0 Å². The maximum absolute atomic E-state index is 9.15. The summed E-state index contributed by atoms with van der Waals surface area (Å²) < 4.78 is 0. The van der Waals surface area contributed by atoms with Gasteiger partial charge in [0, 0.05) is 5.56 Å². The van der Waals surface area contributed by atoms with E-state index in [1.807, 2.05) is 13.1 Å². The molecule has 0 aliphatic heterocycles. The van der Waals surface area contributed by atoms with Gasteiger partial charge >= 0.3 is 0 Å². The number of nitriles is 1. The van der Waals surface area contributed by atoms with E-state index in [-0.39, 0.29) is 5.92 Å². The molecular formula is C17H21N3.